The lowest BCUT2D eigenvalue weighted by Gasteiger charge is -2.28. The Hall–Kier alpha value is -1.06. The van der Waals surface area contributed by atoms with E-state index >= 15 is 0 Å². The highest BCUT2D eigenvalue weighted by molar-refractivity contribution is 5.37. The minimum absolute atomic E-state index is 0.288. The molecule has 0 amide bonds. The Morgan fingerprint density at radius 1 is 1.28 bits per heavy atom. The third-order valence-electron chi connectivity index (χ3n) is 3.64. The fourth-order valence-electron chi connectivity index (χ4n) is 2.60. The summed E-state index contributed by atoms with van der Waals surface area (Å²) in [6.07, 6.45) is 1.83. The first-order valence-corrected chi connectivity index (χ1v) is 6.80. The zero-order valence-electron chi connectivity index (χ0n) is 10.9. The van der Waals surface area contributed by atoms with E-state index in [0.717, 1.165) is 24.2 Å². The monoisotopic (exact) mass is 250 g/mol. The molecule has 3 nitrogen and oxygen atoms in total. The molecule has 1 aliphatic rings. The summed E-state index contributed by atoms with van der Waals surface area (Å²) < 4.78 is 5.60. The average molecular weight is 250 g/mol. The summed E-state index contributed by atoms with van der Waals surface area (Å²) in [5.41, 5.74) is 1.16. The molecule has 2 rings (SSSR count). The highest BCUT2D eigenvalue weighted by Gasteiger charge is 2.26. The predicted molar refractivity (Wildman–Crippen MR) is 70.8 cm³/mol. The largest absolute Gasteiger partial charge is 0.493 e. The first-order chi connectivity index (χ1) is 8.72. The Bertz CT molecular complexity index is 378. The second-order valence-corrected chi connectivity index (χ2v) is 5.03. The van der Waals surface area contributed by atoms with E-state index in [9.17, 15) is 10.2 Å². The van der Waals surface area contributed by atoms with Gasteiger partial charge in [-0.1, -0.05) is 31.5 Å². The molecule has 1 aliphatic heterocycles. The van der Waals surface area contributed by atoms with Crippen molar-refractivity contribution >= 4 is 0 Å². The van der Waals surface area contributed by atoms with Crippen molar-refractivity contribution < 1.29 is 14.9 Å². The summed E-state index contributed by atoms with van der Waals surface area (Å²) in [7, 11) is 0. The molecule has 2 N–H and O–H groups in total. The summed E-state index contributed by atoms with van der Waals surface area (Å²) in [4.78, 5) is 0. The van der Waals surface area contributed by atoms with Gasteiger partial charge < -0.3 is 14.9 Å². The standard InChI is InChI=1S/C15H22O3/c1-2-5-13(16)14(17)10-11-8-9-18-15-7-4-3-6-12(11)15/h3-4,6-7,11,13-14,16-17H,2,5,8-10H2,1H3. The molecule has 3 heteroatoms. The smallest absolute Gasteiger partial charge is 0.122 e. The van der Waals surface area contributed by atoms with Gasteiger partial charge in [0.05, 0.1) is 18.8 Å². The van der Waals surface area contributed by atoms with Crippen LogP contribution in [0.15, 0.2) is 24.3 Å². The molecule has 100 valence electrons. The van der Waals surface area contributed by atoms with Gasteiger partial charge in [-0.2, -0.15) is 0 Å². The molecule has 0 spiro atoms. The first kappa shape index (κ1) is 13.4. The molecule has 1 aromatic carbocycles. The summed E-state index contributed by atoms with van der Waals surface area (Å²) in [5, 5.41) is 19.9. The van der Waals surface area contributed by atoms with Crippen LogP contribution in [-0.2, 0) is 0 Å². The molecule has 0 saturated carbocycles. The van der Waals surface area contributed by atoms with Crippen LogP contribution in [0.25, 0.3) is 0 Å². The number of hydrogen-bond acceptors (Lipinski definition) is 3. The Morgan fingerprint density at radius 3 is 2.83 bits per heavy atom. The number of rotatable bonds is 5. The van der Waals surface area contributed by atoms with E-state index in [1.807, 2.05) is 25.1 Å². The van der Waals surface area contributed by atoms with Gasteiger partial charge in [-0.05, 0) is 36.8 Å². The molecule has 18 heavy (non-hydrogen) atoms. The van der Waals surface area contributed by atoms with E-state index in [4.69, 9.17) is 4.74 Å². The van der Waals surface area contributed by atoms with Crippen LogP contribution in [0.1, 0.15) is 44.1 Å². The van der Waals surface area contributed by atoms with Crippen molar-refractivity contribution in [3.05, 3.63) is 29.8 Å². The third kappa shape index (κ3) is 3.03. The van der Waals surface area contributed by atoms with Gasteiger partial charge in [0.15, 0.2) is 0 Å². The maximum atomic E-state index is 10.0. The Labute approximate surface area is 108 Å². The van der Waals surface area contributed by atoms with Crippen LogP contribution in [0.2, 0.25) is 0 Å². The van der Waals surface area contributed by atoms with Crippen molar-refractivity contribution in [2.24, 2.45) is 0 Å². The first-order valence-electron chi connectivity index (χ1n) is 6.80. The minimum Gasteiger partial charge on any atom is -0.493 e. The zero-order chi connectivity index (χ0) is 13.0. The second-order valence-electron chi connectivity index (χ2n) is 5.03. The molecule has 1 aromatic rings. The van der Waals surface area contributed by atoms with E-state index in [0.29, 0.717) is 19.4 Å². The molecular formula is C15H22O3. The van der Waals surface area contributed by atoms with Crippen molar-refractivity contribution in [1.82, 2.24) is 0 Å². The van der Waals surface area contributed by atoms with E-state index in [1.54, 1.807) is 0 Å². The number of para-hydroxylation sites is 1. The van der Waals surface area contributed by atoms with E-state index in [2.05, 4.69) is 6.07 Å². The predicted octanol–water partition coefficient (Wildman–Crippen LogP) is 2.46. The van der Waals surface area contributed by atoms with E-state index < -0.39 is 12.2 Å². The van der Waals surface area contributed by atoms with Crippen molar-refractivity contribution in [2.45, 2.75) is 50.7 Å². The van der Waals surface area contributed by atoms with Crippen molar-refractivity contribution in [1.29, 1.82) is 0 Å². The van der Waals surface area contributed by atoms with Gasteiger partial charge >= 0.3 is 0 Å². The highest BCUT2D eigenvalue weighted by Crippen LogP contribution is 2.36. The van der Waals surface area contributed by atoms with Crippen LogP contribution in [0.3, 0.4) is 0 Å². The molecule has 0 radical (unpaired) electrons. The molecular weight excluding hydrogens is 228 g/mol. The Balaban J connectivity index is 2.02. The SMILES string of the molecule is CCCC(O)C(O)CC1CCOc2ccccc21. The zero-order valence-corrected chi connectivity index (χ0v) is 10.9. The van der Waals surface area contributed by atoms with Crippen LogP contribution < -0.4 is 4.74 Å². The highest BCUT2D eigenvalue weighted by atomic mass is 16.5. The van der Waals surface area contributed by atoms with Crippen molar-refractivity contribution in [3.8, 4) is 5.75 Å². The van der Waals surface area contributed by atoms with Crippen LogP contribution in [0.5, 0.6) is 5.75 Å². The Morgan fingerprint density at radius 2 is 2.06 bits per heavy atom. The van der Waals surface area contributed by atoms with Gasteiger partial charge in [-0.15, -0.1) is 0 Å². The van der Waals surface area contributed by atoms with Gasteiger partial charge in [-0.3, -0.25) is 0 Å². The number of aliphatic hydroxyl groups excluding tert-OH is 2. The van der Waals surface area contributed by atoms with Gasteiger partial charge in [0.1, 0.15) is 5.75 Å². The quantitative estimate of drug-likeness (QED) is 0.844. The summed E-state index contributed by atoms with van der Waals surface area (Å²) in [6.45, 7) is 2.71. The number of hydrogen-bond donors (Lipinski definition) is 2. The van der Waals surface area contributed by atoms with E-state index in [1.165, 1.54) is 0 Å². The lowest BCUT2D eigenvalue weighted by molar-refractivity contribution is 0.00339. The minimum atomic E-state index is -0.638. The molecule has 3 atom stereocenters. The number of ether oxygens (including phenoxy) is 1. The number of benzene rings is 1. The molecule has 1 heterocycles. The molecule has 0 saturated heterocycles. The molecule has 0 aromatic heterocycles. The van der Waals surface area contributed by atoms with Crippen molar-refractivity contribution in [2.75, 3.05) is 6.61 Å². The summed E-state index contributed by atoms with van der Waals surface area (Å²) >= 11 is 0. The van der Waals surface area contributed by atoms with Gasteiger partial charge in [0, 0.05) is 0 Å². The summed E-state index contributed by atoms with van der Waals surface area (Å²) in [5.74, 6) is 1.21. The van der Waals surface area contributed by atoms with Crippen LogP contribution in [0.4, 0.5) is 0 Å². The fourth-order valence-corrected chi connectivity index (χ4v) is 2.60. The maximum absolute atomic E-state index is 10.0. The number of aliphatic hydroxyl groups is 2. The Kier molecular flexibility index (Phi) is 4.61. The normalized spacial score (nSPS) is 21.8. The van der Waals surface area contributed by atoms with Crippen LogP contribution in [-0.4, -0.2) is 29.0 Å². The molecule has 0 bridgehead atoms. The van der Waals surface area contributed by atoms with Gasteiger partial charge in [0.25, 0.3) is 0 Å². The fraction of sp³-hybridized carbons (Fsp3) is 0.600. The van der Waals surface area contributed by atoms with Crippen molar-refractivity contribution in [3.63, 3.8) is 0 Å². The topological polar surface area (TPSA) is 49.7 Å². The molecule has 0 fully saturated rings. The lowest BCUT2D eigenvalue weighted by atomic mass is 9.86. The van der Waals surface area contributed by atoms with Gasteiger partial charge in [-0.25, -0.2) is 0 Å². The number of fused-ring (bicyclic) bond motifs is 1. The summed E-state index contributed by atoms with van der Waals surface area (Å²) in [6, 6.07) is 7.98. The average Bonchev–Trinajstić information content (AvgIpc) is 2.39. The van der Waals surface area contributed by atoms with E-state index in [-0.39, 0.29) is 5.92 Å². The van der Waals surface area contributed by atoms with Crippen LogP contribution in [0, 0.1) is 0 Å². The lowest BCUT2D eigenvalue weighted by Crippen LogP contribution is -2.29. The van der Waals surface area contributed by atoms with Gasteiger partial charge in [0.2, 0.25) is 0 Å². The molecule has 0 aliphatic carbocycles. The third-order valence-corrected chi connectivity index (χ3v) is 3.64. The molecule has 3 unspecified atom stereocenters. The second kappa shape index (κ2) is 6.21. The van der Waals surface area contributed by atoms with Crippen LogP contribution >= 0.6 is 0 Å². The maximum Gasteiger partial charge on any atom is 0.122 e.